The first kappa shape index (κ1) is 22.2. The van der Waals surface area contributed by atoms with Gasteiger partial charge in [-0.25, -0.2) is 5.48 Å². The van der Waals surface area contributed by atoms with E-state index in [2.05, 4.69) is 17.2 Å². The minimum atomic E-state index is -1.10. The Balaban J connectivity index is 2.63. The maximum atomic E-state index is 12.3. The molecule has 27 heavy (non-hydrogen) atoms. The summed E-state index contributed by atoms with van der Waals surface area (Å²) in [7, 11) is 1.57. The van der Waals surface area contributed by atoms with Crippen molar-refractivity contribution in [1.82, 2.24) is 10.8 Å². The zero-order valence-electron chi connectivity index (χ0n) is 15.6. The summed E-state index contributed by atoms with van der Waals surface area (Å²) in [5.74, 6) is 4.85. The molecular weight excluding hydrogens is 350 g/mol. The highest BCUT2D eigenvalue weighted by atomic mass is 16.5. The van der Waals surface area contributed by atoms with Gasteiger partial charge < -0.3 is 20.5 Å². The second-order valence-corrected chi connectivity index (χ2v) is 6.20. The SMILES string of the molecule is COCC#CC=CCOc1ccc(C(=O)N[C@H](C(=O)NO)C(C)(C)N)cc1. The van der Waals surface area contributed by atoms with Crippen LogP contribution in [0.15, 0.2) is 36.4 Å². The number of ether oxygens (including phenoxy) is 2. The first-order valence-electron chi connectivity index (χ1n) is 8.18. The number of benzene rings is 1. The summed E-state index contributed by atoms with van der Waals surface area (Å²) in [6.45, 7) is 3.83. The summed E-state index contributed by atoms with van der Waals surface area (Å²) in [5, 5.41) is 11.3. The molecule has 8 heteroatoms. The molecule has 1 atom stereocenters. The maximum absolute atomic E-state index is 12.3. The molecule has 0 fully saturated rings. The van der Waals surface area contributed by atoms with Crippen molar-refractivity contribution in [1.29, 1.82) is 0 Å². The van der Waals surface area contributed by atoms with Gasteiger partial charge in [-0.3, -0.25) is 14.8 Å². The van der Waals surface area contributed by atoms with Gasteiger partial charge in [-0.1, -0.05) is 11.8 Å². The van der Waals surface area contributed by atoms with Gasteiger partial charge in [0.1, 0.15) is 25.0 Å². The van der Waals surface area contributed by atoms with Gasteiger partial charge in [-0.2, -0.15) is 0 Å². The van der Waals surface area contributed by atoms with Crippen molar-refractivity contribution in [3.63, 3.8) is 0 Å². The van der Waals surface area contributed by atoms with E-state index in [4.69, 9.17) is 20.4 Å². The fraction of sp³-hybridized carbons (Fsp3) is 0.368. The van der Waals surface area contributed by atoms with Crippen LogP contribution in [0.4, 0.5) is 0 Å². The predicted octanol–water partition coefficient (Wildman–Crippen LogP) is 0.613. The minimum absolute atomic E-state index is 0.323. The zero-order chi connectivity index (χ0) is 20.3. The summed E-state index contributed by atoms with van der Waals surface area (Å²) in [4.78, 5) is 24.0. The molecule has 1 aromatic carbocycles. The molecule has 0 unspecified atom stereocenters. The molecule has 0 aliphatic carbocycles. The number of hydroxylamine groups is 1. The Morgan fingerprint density at radius 2 is 2.00 bits per heavy atom. The molecular formula is C19H25N3O5. The lowest BCUT2D eigenvalue weighted by atomic mass is 9.95. The smallest absolute Gasteiger partial charge is 0.267 e. The van der Waals surface area contributed by atoms with Crippen LogP contribution >= 0.6 is 0 Å². The summed E-state index contributed by atoms with van der Waals surface area (Å²) in [6, 6.07) is 5.28. The lowest BCUT2D eigenvalue weighted by molar-refractivity contribution is -0.132. The number of hydrogen-bond acceptors (Lipinski definition) is 6. The van der Waals surface area contributed by atoms with Crippen LogP contribution in [-0.4, -0.2) is 48.9 Å². The van der Waals surface area contributed by atoms with E-state index in [1.54, 1.807) is 57.4 Å². The summed E-state index contributed by atoms with van der Waals surface area (Å²) >= 11 is 0. The van der Waals surface area contributed by atoms with Gasteiger partial charge in [-0.15, -0.1) is 0 Å². The Morgan fingerprint density at radius 3 is 2.56 bits per heavy atom. The number of rotatable bonds is 8. The maximum Gasteiger partial charge on any atom is 0.267 e. The Bertz CT molecular complexity index is 712. The number of carbonyl (C=O) groups excluding carboxylic acids is 2. The van der Waals surface area contributed by atoms with E-state index in [1.165, 1.54) is 5.48 Å². The molecule has 5 N–H and O–H groups in total. The third kappa shape index (κ3) is 7.92. The molecule has 0 spiro atoms. The van der Waals surface area contributed by atoms with Crippen LogP contribution in [0.3, 0.4) is 0 Å². The number of allylic oxidation sites excluding steroid dienone is 1. The molecule has 2 amide bonds. The lowest BCUT2D eigenvalue weighted by Gasteiger charge is -2.29. The Kier molecular flexibility index (Phi) is 9.02. The van der Waals surface area contributed by atoms with Gasteiger partial charge in [0.2, 0.25) is 0 Å². The first-order chi connectivity index (χ1) is 12.8. The molecule has 1 rings (SSSR count). The number of hydrogen-bond donors (Lipinski definition) is 4. The largest absolute Gasteiger partial charge is 0.490 e. The molecule has 8 nitrogen and oxygen atoms in total. The standard InChI is InChI=1S/C19H25N3O5/c1-19(2,20)16(18(24)22-25)21-17(23)14-8-10-15(11-9-14)27-13-7-5-4-6-12-26-3/h5,7-11,16,25H,12-13,20H2,1-3H3,(H,21,23)(H,22,24)/t16-/m1/s1. The van der Waals surface area contributed by atoms with Crippen molar-refractivity contribution < 1.29 is 24.3 Å². The van der Waals surface area contributed by atoms with Crippen molar-refractivity contribution in [3.8, 4) is 17.6 Å². The second-order valence-electron chi connectivity index (χ2n) is 6.20. The van der Waals surface area contributed by atoms with E-state index in [9.17, 15) is 9.59 Å². The molecule has 1 aromatic rings. The third-order valence-corrected chi connectivity index (χ3v) is 3.37. The fourth-order valence-corrected chi connectivity index (χ4v) is 2.00. The summed E-state index contributed by atoms with van der Waals surface area (Å²) in [5.41, 5.74) is 6.65. The highest BCUT2D eigenvalue weighted by molar-refractivity contribution is 5.97. The lowest BCUT2D eigenvalue weighted by Crippen LogP contribution is -2.61. The summed E-state index contributed by atoms with van der Waals surface area (Å²) in [6.07, 6.45) is 3.42. The number of methoxy groups -OCH3 is 1. The normalized spacial score (nSPS) is 12.0. The number of amides is 2. The molecule has 146 valence electrons. The molecule has 0 aromatic heterocycles. The van der Waals surface area contributed by atoms with Crippen LogP contribution in [0.5, 0.6) is 5.75 Å². The van der Waals surface area contributed by atoms with Gasteiger partial charge >= 0.3 is 0 Å². The van der Waals surface area contributed by atoms with Crippen LogP contribution in [0.1, 0.15) is 24.2 Å². The highest BCUT2D eigenvalue weighted by Crippen LogP contribution is 2.13. The molecule has 0 saturated carbocycles. The Hall–Kier alpha value is -2.86. The number of carbonyl (C=O) groups is 2. The van der Waals surface area contributed by atoms with Crippen molar-refractivity contribution in [2.75, 3.05) is 20.3 Å². The van der Waals surface area contributed by atoms with Crippen LogP contribution in [-0.2, 0) is 9.53 Å². The van der Waals surface area contributed by atoms with E-state index in [-0.39, 0.29) is 0 Å². The topological polar surface area (TPSA) is 123 Å². The van der Waals surface area contributed by atoms with E-state index < -0.39 is 23.4 Å². The number of nitrogens with two attached hydrogens (primary N) is 1. The van der Waals surface area contributed by atoms with E-state index in [0.29, 0.717) is 24.5 Å². The van der Waals surface area contributed by atoms with Crippen LogP contribution in [0.2, 0.25) is 0 Å². The van der Waals surface area contributed by atoms with Crippen LogP contribution in [0.25, 0.3) is 0 Å². The Morgan fingerprint density at radius 1 is 1.33 bits per heavy atom. The molecule has 0 radical (unpaired) electrons. The van der Waals surface area contributed by atoms with Gasteiger partial charge in [0.15, 0.2) is 0 Å². The molecule has 0 aliphatic heterocycles. The zero-order valence-corrected chi connectivity index (χ0v) is 15.6. The van der Waals surface area contributed by atoms with Gasteiger partial charge in [0.25, 0.3) is 11.8 Å². The van der Waals surface area contributed by atoms with Gasteiger partial charge in [-0.05, 0) is 50.3 Å². The van der Waals surface area contributed by atoms with Gasteiger partial charge in [0.05, 0.1) is 0 Å². The van der Waals surface area contributed by atoms with Crippen molar-refractivity contribution in [3.05, 3.63) is 42.0 Å². The fourth-order valence-electron chi connectivity index (χ4n) is 2.00. The minimum Gasteiger partial charge on any atom is -0.490 e. The predicted molar refractivity (Wildman–Crippen MR) is 100 cm³/mol. The van der Waals surface area contributed by atoms with E-state index in [1.807, 2.05) is 0 Å². The molecule has 0 bridgehead atoms. The van der Waals surface area contributed by atoms with Crippen molar-refractivity contribution in [2.45, 2.75) is 25.4 Å². The Labute approximate surface area is 158 Å². The van der Waals surface area contributed by atoms with Gasteiger partial charge in [0, 0.05) is 18.2 Å². The van der Waals surface area contributed by atoms with Crippen LogP contribution in [0, 0.1) is 11.8 Å². The first-order valence-corrected chi connectivity index (χ1v) is 8.18. The van der Waals surface area contributed by atoms with Crippen LogP contribution < -0.4 is 21.3 Å². The highest BCUT2D eigenvalue weighted by Gasteiger charge is 2.33. The average molecular weight is 375 g/mol. The second kappa shape index (κ2) is 11.0. The summed E-state index contributed by atoms with van der Waals surface area (Å²) < 4.78 is 10.3. The number of nitrogens with one attached hydrogen (secondary N) is 2. The van der Waals surface area contributed by atoms with Crippen molar-refractivity contribution in [2.24, 2.45) is 5.73 Å². The monoisotopic (exact) mass is 375 g/mol. The molecule has 0 aliphatic rings. The molecule has 0 heterocycles. The van der Waals surface area contributed by atoms with E-state index >= 15 is 0 Å². The van der Waals surface area contributed by atoms with Crippen molar-refractivity contribution >= 4 is 11.8 Å². The third-order valence-electron chi connectivity index (χ3n) is 3.37. The molecule has 0 saturated heterocycles. The average Bonchev–Trinajstić information content (AvgIpc) is 2.64. The quantitative estimate of drug-likeness (QED) is 0.300. The van der Waals surface area contributed by atoms with E-state index in [0.717, 1.165) is 0 Å².